The molecule has 0 saturated carbocycles. The Labute approximate surface area is 248 Å². The quantitative estimate of drug-likeness (QED) is 0.188. The zero-order valence-corrected chi connectivity index (χ0v) is 25.1. The maximum atomic E-state index is 13.0. The number of esters is 1. The number of hydrogen-bond donors (Lipinski definition) is 2. The molecule has 0 aliphatic rings. The van der Waals surface area contributed by atoms with E-state index in [1.165, 1.54) is 30.7 Å². The van der Waals surface area contributed by atoms with Crippen LogP contribution in [0.15, 0.2) is 89.8 Å². The number of aromatic nitrogens is 1. The van der Waals surface area contributed by atoms with Gasteiger partial charge in [0, 0.05) is 16.9 Å². The summed E-state index contributed by atoms with van der Waals surface area (Å²) in [4.78, 5) is 30.4. The summed E-state index contributed by atoms with van der Waals surface area (Å²) in [6.45, 7) is 7.03. The van der Waals surface area contributed by atoms with Crippen molar-refractivity contribution in [1.29, 1.82) is 0 Å². The highest BCUT2D eigenvalue weighted by atomic mass is 32.2. The van der Waals surface area contributed by atoms with Gasteiger partial charge >= 0.3 is 5.97 Å². The molecule has 0 bridgehead atoms. The van der Waals surface area contributed by atoms with E-state index in [4.69, 9.17) is 4.74 Å². The van der Waals surface area contributed by atoms with Crippen LogP contribution in [0, 0.1) is 20.8 Å². The van der Waals surface area contributed by atoms with Crippen molar-refractivity contribution in [3.05, 3.63) is 107 Å². The van der Waals surface area contributed by atoms with Crippen LogP contribution in [0.3, 0.4) is 0 Å². The summed E-state index contributed by atoms with van der Waals surface area (Å²) in [7, 11) is -3.96. The lowest BCUT2D eigenvalue weighted by molar-refractivity contribution is -0.123. The molecule has 1 unspecified atom stereocenters. The van der Waals surface area contributed by atoms with Crippen molar-refractivity contribution in [1.82, 2.24) is 4.98 Å². The Morgan fingerprint density at radius 3 is 2.33 bits per heavy atom. The van der Waals surface area contributed by atoms with Crippen LogP contribution in [-0.2, 0) is 19.6 Å². The highest BCUT2D eigenvalue weighted by Gasteiger charge is 2.23. The number of carbonyl (C=O) groups is 2. The molecule has 1 amide bonds. The van der Waals surface area contributed by atoms with Crippen LogP contribution in [0.25, 0.3) is 20.8 Å². The van der Waals surface area contributed by atoms with Gasteiger partial charge in [0.1, 0.15) is 5.01 Å². The Bertz CT molecular complexity index is 1910. The van der Waals surface area contributed by atoms with Crippen LogP contribution < -0.4 is 10.0 Å². The molecule has 0 radical (unpaired) electrons. The Balaban J connectivity index is 1.24. The number of nitrogens with one attached hydrogen (secondary N) is 2. The molecule has 1 atom stereocenters. The Hall–Kier alpha value is -4.54. The number of ether oxygens (including phenoxy) is 1. The van der Waals surface area contributed by atoms with Crippen molar-refractivity contribution >= 4 is 54.8 Å². The van der Waals surface area contributed by atoms with Crippen LogP contribution in [-0.4, -0.2) is 31.4 Å². The first-order chi connectivity index (χ1) is 20.0. The van der Waals surface area contributed by atoms with E-state index in [0.717, 1.165) is 26.4 Å². The minimum absolute atomic E-state index is 0.0529. The fourth-order valence-corrected chi connectivity index (χ4v) is 6.43. The number of thiazole rings is 1. The number of amides is 1. The largest absolute Gasteiger partial charge is 0.449 e. The van der Waals surface area contributed by atoms with E-state index in [0.29, 0.717) is 16.9 Å². The van der Waals surface area contributed by atoms with Crippen LogP contribution in [0.1, 0.15) is 34.0 Å². The molecule has 214 valence electrons. The third-order valence-corrected chi connectivity index (χ3v) is 9.05. The lowest BCUT2D eigenvalue weighted by atomic mass is 10.1. The standard InChI is InChI=1S/C32H29N3O5S2/c1-19-6-5-7-25(16-19)35-42(38,39)26-14-9-21(3)27(18-26)32(37)40-22(4)30(36)33-24-12-10-23(11-13-24)31-34-28-15-8-20(2)17-29(28)41-31/h5-18,22,35H,1-4H3,(H,33,36). The molecule has 1 aromatic heterocycles. The summed E-state index contributed by atoms with van der Waals surface area (Å²) in [5, 5.41) is 3.63. The average molecular weight is 600 g/mol. The summed E-state index contributed by atoms with van der Waals surface area (Å²) >= 11 is 1.60. The third kappa shape index (κ3) is 6.50. The molecule has 1 heterocycles. The first kappa shape index (κ1) is 29.0. The van der Waals surface area contributed by atoms with Gasteiger partial charge < -0.3 is 10.1 Å². The zero-order valence-electron chi connectivity index (χ0n) is 23.5. The van der Waals surface area contributed by atoms with Gasteiger partial charge in [0.05, 0.1) is 20.7 Å². The number of aryl methyl sites for hydroxylation is 3. The smallest absolute Gasteiger partial charge is 0.339 e. The van der Waals surface area contributed by atoms with Gasteiger partial charge in [-0.05, 0) is 105 Å². The molecule has 0 aliphatic heterocycles. The van der Waals surface area contributed by atoms with Crippen molar-refractivity contribution in [3.8, 4) is 10.6 Å². The molecule has 8 nitrogen and oxygen atoms in total. The zero-order chi connectivity index (χ0) is 30.0. The lowest BCUT2D eigenvalue weighted by Crippen LogP contribution is -2.30. The molecular formula is C32H29N3O5S2. The van der Waals surface area contributed by atoms with Crippen molar-refractivity contribution in [2.24, 2.45) is 0 Å². The van der Waals surface area contributed by atoms with Crippen LogP contribution in [0.4, 0.5) is 11.4 Å². The maximum absolute atomic E-state index is 13.0. The number of carbonyl (C=O) groups excluding carboxylic acids is 2. The van der Waals surface area contributed by atoms with Gasteiger partial charge in [-0.25, -0.2) is 18.2 Å². The minimum Gasteiger partial charge on any atom is -0.449 e. The van der Waals surface area contributed by atoms with E-state index in [1.54, 1.807) is 48.6 Å². The molecule has 42 heavy (non-hydrogen) atoms. The number of sulfonamides is 1. The van der Waals surface area contributed by atoms with E-state index >= 15 is 0 Å². The number of rotatable bonds is 8. The summed E-state index contributed by atoms with van der Waals surface area (Å²) in [6, 6.07) is 24.5. The van der Waals surface area contributed by atoms with Gasteiger partial charge in [-0.2, -0.15) is 0 Å². The number of hydrogen-bond acceptors (Lipinski definition) is 7. The Morgan fingerprint density at radius 1 is 0.857 bits per heavy atom. The summed E-state index contributed by atoms with van der Waals surface area (Å²) in [5.74, 6) is -1.32. The predicted octanol–water partition coefficient (Wildman–Crippen LogP) is 6.87. The maximum Gasteiger partial charge on any atom is 0.339 e. The highest BCUT2D eigenvalue weighted by Crippen LogP contribution is 2.31. The summed E-state index contributed by atoms with van der Waals surface area (Å²) < 4.78 is 35.0. The topological polar surface area (TPSA) is 114 Å². The molecule has 2 N–H and O–H groups in total. The highest BCUT2D eigenvalue weighted by molar-refractivity contribution is 7.92. The normalized spacial score (nSPS) is 12.1. The fourth-order valence-electron chi connectivity index (χ4n) is 4.28. The molecule has 0 saturated heterocycles. The Kier molecular flexibility index (Phi) is 8.11. The minimum atomic E-state index is -3.96. The van der Waals surface area contributed by atoms with Gasteiger partial charge in [-0.15, -0.1) is 11.3 Å². The van der Waals surface area contributed by atoms with Crippen molar-refractivity contribution in [2.75, 3.05) is 10.0 Å². The van der Waals surface area contributed by atoms with E-state index < -0.39 is 28.0 Å². The second kappa shape index (κ2) is 11.8. The molecule has 0 aliphatic carbocycles. The third-order valence-electron chi connectivity index (χ3n) is 6.61. The lowest BCUT2D eigenvalue weighted by Gasteiger charge is -2.15. The molecule has 5 aromatic rings. The SMILES string of the molecule is Cc1cccc(NS(=O)(=O)c2ccc(C)c(C(=O)OC(C)C(=O)Nc3ccc(-c4nc5ccc(C)cc5s4)cc3)c2)c1. The molecule has 4 aromatic carbocycles. The van der Waals surface area contributed by atoms with E-state index in [1.807, 2.05) is 44.2 Å². The van der Waals surface area contributed by atoms with Crippen LogP contribution >= 0.6 is 11.3 Å². The second-order valence-corrected chi connectivity index (χ2v) is 12.8. The number of nitrogens with zero attached hydrogens (tertiary/aromatic N) is 1. The van der Waals surface area contributed by atoms with Crippen LogP contribution in [0.2, 0.25) is 0 Å². The first-order valence-corrected chi connectivity index (χ1v) is 15.5. The van der Waals surface area contributed by atoms with Gasteiger partial charge in [-0.3, -0.25) is 9.52 Å². The number of benzene rings is 4. The molecule has 10 heteroatoms. The molecule has 0 fully saturated rings. The van der Waals surface area contributed by atoms with Crippen molar-refractivity contribution in [3.63, 3.8) is 0 Å². The Morgan fingerprint density at radius 2 is 1.60 bits per heavy atom. The van der Waals surface area contributed by atoms with Gasteiger partial charge in [0.25, 0.3) is 15.9 Å². The van der Waals surface area contributed by atoms with E-state index in [-0.39, 0.29) is 10.5 Å². The molecular weight excluding hydrogens is 571 g/mol. The first-order valence-electron chi connectivity index (χ1n) is 13.2. The summed E-state index contributed by atoms with van der Waals surface area (Å²) in [6.07, 6.45) is -1.13. The van der Waals surface area contributed by atoms with Crippen molar-refractivity contribution < 1.29 is 22.7 Å². The fraction of sp³-hybridized carbons (Fsp3) is 0.156. The molecule has 5 rings (SSSR count). The predicted molar refractivity (Wildman–Crippen MR) is 166 cm³/mol. The van der Waals surface area contributed by atoms with Crippen molar-refractivity contribution in [2.45, 2.75) is 38.7 Å². The second-order valence-electron chi connectivity index (χ2n) is 10.1. The van der Waals surface area contributed by atoms with Gasteiger partial charge in [0.2, 0.25) is 0 Å². The average Bonchev–Trinajstić information content (AvgIpc) is 3.36. The van der Waals surface area contributed by atoms with E-state index in [2.05, 4.69) is 21.1 Å². The number of anilines is 2. The van der Waals surface area contributed by atoms with Gasteiger partial charge in [0.15, 0.2) is 6.10 Å². The van der Waals surface area contributed by atoms with Gasteiger partial charge in [-0.1, -0.05) is 24.3 Å². The van der Waals surface area contributed by atoms with E-state index in [9.17, 15) is 18.0 Å². The monoisotopic (exact) mass is 599 g/mol. The molecule has 0 spiro atoms. The summed E-state index contributed by atoms with van der Waals surface area (Å²) in [5.41, 5.74) is 5.45. The number of fused-ring (bicyclic) bond motifs is 1. The van der Waals surface area contributed by atoms with Crippen LogP contribution in [0.5, 0.6) is 0 Å².